The molecule has 3 aromatic rings. The lowest BCUT2D eigenvalue weighted by Crippen LogP contribution is -2.43. The van der Waals surface area contributed by atoms with E-state index in [0.717, 1.165) is 10.9 Å². The summed E-state index contributed by atoms with van der Waals surface area (Å²) in [7, 11) is 2.93. The topological polar surface area (TPSA) is 116 Å². The molecular formula is C21H20N2O7. The van der Waals surface area contributed by atoms with Crippen LogP contribution in [0.2, 0.25) is 0 Å². The number of amides is 2. The number of benzene rings is 2. The van der Waals surface area contributed by atoms with Crippen molar-refractivity contribution in [1.82, 2.24) is 10.9 Å². The van der Waals surface area contributed by atoms with E-state index in [1.165, 1.54) is 38.5 Å². The minimum atomic E-state index is -0.580. The second-order valence-electron chi connectivity index (χ2n) is 6.30. The minimum absolute atomic E-state index is 0.243. The molecule has 0 bridgehead atoms. The Morgan fingerprint density at radius 2 is 1.63 bits per heavy atom. The molecule has 0 spiro atoms. The second-order valence-corrected chi connectivity index (χ2v) is 6.30. The number of nitrogens with one attached hydrogen (secondary N) is 2. The van der Waals surface area contributed by atoms with E-state index in [2.05, 4.69) is 10.9 Å². The summed E-state index contributed by atoms with van der Waals surface area (Å²) in [6, 6.07) is 10.9. The van der Waals surface area contributed by atoms with E-state index in [-0.39, 0.29) is 12.2 Å². The van der Waals surface area contributed by atoms with Gasteiger partial charge in [-0.05, 0) is 36.8 Å². The summed E-state index contributed by atoms with van der Waals surface area (Å²) >= 11 is 0. The Morgan fingerprint density at radius 3 is 2.30 bits per heavy atom. The highest BCUT2D eigenvalue weighted by Gasteiger charge is 2.12. The van der Waals surface area contributed by atoms with E-state index in [4.69, 9.17) is 18.6 Å². The summed E-state index contributed by atoms with van der Waals surface area (Å²) in [5.41, 5.74) is 5.47. The van der Waals surface area contributed by atoms with Crippen molar-refractivity contribution in [2.75, 3.05) is 20.8 Å². The maximum Gasteiger partial charge on any atom is 0.336 e. The quantitative estimate of drug-likeness (QED) is 0.470. The van der Waals surface area contributed by atoms with Gasteiger partial charge >= 0.3 is 5.63 Å². The monoisotopic (exact) mass is 412 g/mol. The van der Waals surface area contributed by atoms with Gasteiger partial charge in [-0.25, -0.2) is 4.79 Å². The van der Waals surface area contributed by atoms with Crippen LogP contribution >= 0.6 is 0 Å². The van der Waals surface area contributed by atoms with Gasteiger partial charge in [-0.2, -0.15) is 0 Å². The van der Waals surface area contributed by atoms with E-state index in [0.29, 0.717) is 22.8 Å². The lowest BCUT2D eigenvalue weighted by Gasteiger charge is -2.11. The van der Waals surface area contributed by atoms with Crippen LogP contribution in [-0.2, 0) is 4.79 Å². The van der Waals surface area contributed by atoms with Crippen molar-refractivity contribution in [3.8, 4) is 17.2 Å². The zero-order valence-corrected chi connectivity index (χ0v) is 16.6. The number of hydrogen-bond acceptors (Lipinski definition) is 7. The number of rotatable bonds is 6. The molecule has 0 aliphatic carbocycles. The molecule has 9 heteroatoms. The minimum Gasteiger partial charge on any atom is -0.497 e. The molecule has 30 heavy (non-hydrogen) atoms. The Morgan fingerprint density at radius 1 is 0.933 bits per heavy atom. The smallest absolute Gasteiger partial charge is 0.336 e. The molecule has 2 amide bonds. The first-order chi connectivity index (χ1) is 14.4. The molecule has 0 atom stereocenters. The van der Waals surface area contributed by atoms with Gasteiger partial charge in [-0.3, -0.25) is 20.4 Å². The van der Waals surface area contributed by atoms with Crippen molar-refractivity contribution in [2.45, 2.75) is 6.92 Å². The third-order valence-corrected chi connectivity index (χ3v) is 4.22. The molecule has 3 rings (SSSR count). The summed E-state index contributed by atoms with van der Waals surface area (Å²) < 4.78 is 20.8. The van der Waals surface area contributed by atoms with E-state index < -0.39 is 17.4 Å². The Bertz CT molecular complexity index is 1130. The molecule has 156 valence electrons. The van der Waals surface area contributed by atoms with E-state index in [1.807, 2.05) is 0 Å². The lowest BCUT2D eigenvalue weighted by molar-refractivity contribution is -0.123. The van der Waals surface area contributed by atoms with E-state index in [9.17, 15) is 14.4 Å². The largest absolute Gasteiger partial charge is 0.497 e. The SMILES string of the molecule is COc1cc(OC)cc(C(=O)NNC(=O)COc2ccc3c(C)cc(=O)oc3c2)c1. The first kappa shape index (κ1) is 20.7. The van der Waals surface area contributed by atoms with Crippen LogP contribution in [0.15, 0.2) is 51.7 Å². The van der Waals surface area contributed by atoms with Crippen molar-refractivity contribution >= 4 is 22.8 Å². The third kappa shape index (κ3) is 4.88. The fraction of sp³-hybridized carbons (Fsp3) is 0.190. The number of carbonyl (C=O) groups is 2. The van der Waals surface area contributed by atoms with Crippen molar-refractivity contribution < 1.29 is 28.2 Å². The van der Waals surface area contributed by atoms with E-state index >= 15 is 0 Å². The number of ether oxygens (including phenoxy) is 3. The number of methoxy groups -OCH3 is 2. The molecule has 0 aliphatic heterocycles. The zero-order valence-electron chi connectivity index (χ0n) is 16.6. The highest BCUT2D eigenvalue weighted by molar-refractivity contribution is 5.96. The first-order valence-corrected chi connectivity index (χ1v) is 8.89. The number of fused-ring (bicyclic) bond motifs is 1. The van der Waals surface area contributed by atoms with Crippen molar-refractivity contribution in [1.29, 1.82) is 0 Å². The first-order valence-electron chi connectivity index (χ1n) is 8.89. The van der Waals surface area contributed by atoms with Crippen LogP contribution in [0.4, 0.5) is 0 Å². The molecule has 0 saturated carbocycles. The van der Waals surface area contributed by atoms with Crippen molar-refractivity contribution in [3.05, 3.63) is 64.0 Å². The standard InChI is InChI=1S/C21H20N2O7/c1-12-6-20(25)30-18-10-14(4-5-17(12)18)29-11-19(24)22-23-21(26)13-7-15(27-2)9-16(8-13)28-3/h4-10H,11H2,1-3H3,(H,22,24)(H,23,26). The highest BCUT2D eigenvalue weighted by Crippen LogP contribution is 2.23. The van der Waals surface area contributed by atoms with Gasteiger partial charge in [-0.1, -0.05) is 0 Å². The molecule has 0 radical (unpaired) electrons. The van der Waals surface area contributed by atoms with Gasteiger partial charge in [0.25, 0.3) is 11.8 Å². The summed E-state index contributed by atoms with van der Waals surface area (Å²) in [5, 5.41) is 0.771. The number of aryl methyl sites for hydroxylation is 1. The lowest BCUT2D eigenvalue weighted by atomic mass is 10.1. The maximum atomic E-state index is 12.3. The van der Waals surface area contributed by atoms with Gasteiger partial charge in [0.15, 0.2) is 6.61 Å². The van der Waals surface area contributed by atoms with Gasteiger partial charge < -0.3 is 18.6 Å². The van der Waals surface area contributed by atoms with Gasteiger partial charge in [0.1, 0.15) is 22.8 Å². The fourth-order valence-electron chi connectivity index (χ4n) is 2.72. The Balaban J connectivity index is 1.58. The maximum absolute atomic E-state index is 12.3. The van der Waals surface area contributed by atoms with Crippen LogP contribution in [0.5, 0.6) is 17.2 Å². The summed E-state index contributed by atoms with van der Waals surface area (Å²) in [6.45, 7) is 1.44. The van der Waals surface area contributed by atoms with Crippen LogP contribution in [0.3, 0.4) is 0 Å². The Hall–Kier alpha value is -4.01. The normalized spacial score (nSPS) is 10.4. The third-order valence-electron chi connectivity index (χ3n) is 4.22. The number of carbonyl (C=O) groups excluding carboxylic acids is 2. The molecule has 2 N–H and O–H groups in total. The molecule has 0 fully saturated rings. The summed E-state index contributed by atoms with van der Waals surface area (Å²) in [4.78, 5) is 35.7. The van der Waals surface area contributed by atoms with Gasteiger partial charge in [0, 0.05) is 29.1 Å². The molecule has 0 aliphatic rings. The summed E-state index contributed by atoms with van der Waals surface area (Å²) in [5.74, 6) is 0.0856. The highest BCUT2D eigenvalue weighted by atomic mass is 16.5. The van der Waals surface area contributed by atoms with E-state index in [1.54, 1.807) is 25.1 Å². The number of hydrazine groups is 1. The van der Waals surface area contributed by atoms with Crippen LogP contribution < -0.4 is 30.7 Å². The van der Waals surface area contributed by atoms with Crippen molar-refractivity contribution in [2.24, 2.45) is 0 Å². The molecule has 1 aromatic heterocycles. The predicted octanol–water partition coefficient (Wildman–Crippen LogP) is 1.96. The molecule has 2 aromatic carbocycles. The molecule has 0 unspecified atom stereocenters. The second kappa shape index (κ2) is 8.99. The molecule has 9 nitrogen and oxygen atoms in total. The predicted molar refractivity (Wildman–Crippen MR) is 108 cm³/mol. The van der Waals surface area contributed by atoms with Crippen LogP contribution in [0, 0.1) is 6.92 Å². The number of hydrogen-bond donors (Lipinski definition) is 2. The van der Waals surface area contributed by atoms with Crippen LogP contribution in [0.1, 0.15) is 15.9 Å². The van der Waals surface area contributed by atoms with Crippen molar-refractivity contribution in [3.63, 3.8) is 0 Å². The average Bonchev–Trinajstić information content (AvgIpc) is 2.75. The average molecular weight is 412 g/mol. The van der Waals surface area contributed by atoms with Gasteiger partial charge in [0.2, 0.25) is 0 Å². The van der Waals surface area contributed by atoms with Gasteiger partial charge in [-0.15, -0.1) is 0 Å². The zero-order chi connectivity index (χ0) is 21.7. The van der Waals surface area contributed by atoms with Gasteiger partial charge in [0.05, 0.1) is 14.2 Å². The fourth-order valence-corrected chi connectivity index (χ4v) is 2.72. The summed E-state index contributed by atoms with van der Waals surface area (Å²) in [6.07, 6.45) is 0. The molecule has 0 saturated heterocycles. The van der Waals surface area contributed by atoms with Crippen LogP contribution in [0.25, 0.3) is 11.0 Å². The molecular weight excluding hydrogens is 392 g/mol. The molecule has 1 heterocycles. The Labute approximate surface area is 171 Å². The Kier molecular flexibility index (Phi) is 6.21. The van der Waals surface area contributed by atoms with Crippen LogP contribution in [-0.4, -0.2) is 32.6 Å².